The fraction of sp³-hybridized carbons (Fsp3) is 0.556. The van der Waals surface area contributed by atoms with Crippen LogP contribution in [-0.4, -0.2) is 63.1 Å². The maximum absolute atomic E-state index is 12.5. The normalized spacial score (nSPS) is 19.2. The minimum atomic E-state index is -0.178. The Hall–Kier alpha value is -2.29. The first-order valence-electron chi connectivity index (χ1n) is 9.24. The number of aromatic nitrogens is 4. The SMILES string of the molecule is CN(C[C@@H]1COc2ccccc2O1)C(=O)CSc1nnnn1C1CCCC1. The summed E-state index contributed by atoms with van der Waals surface area (Å²) in [5.41, 5.74) is 0. The molecule has 0 bridgehead atoms. The van der Waals surface area contributed by atoms with E-state index in [0.29, 0.717) is 24.9 Å². The highest BCUT2D eigenvalue weighted by Gasteiger charge is 2.25. The number of hydrogen-bond donors (Lipinski definition) is 0. The molecule has 1 saturated carbocycles. The summed E-state index contributed by atoms with van der Waals surface area (Å²) in [5.74, 6) is 1.79. The van der Waals surface area contributed by atoms with Gasteiger partial charge in [-0.1, -0.05) is 36.7 Å². The second-order valence-corrected chi connectivity index (χ2v) is 7.85. The summed E-state index contributed by atoms with van der Waals surface area (Å²) in [4.78, 5) is 14.2. The zero-order valence-electron chi connectivity index (χ0n) is 15.3. The molecule has 1 atom stereocenters. The molecule has 9 heteroatoms. The van der Waals surface area contributed by atoms with Gasteiger partial charge in [0.25, 0.3) is 0 Å². The van der Waals surface area contributed by atoms with E-state index in [0.717, 1.165) is 29.5 Å². The molecule has 0 N–H and O–H groups in total. The van der Waals surface area contributed by atoms with Gasteiger partial charge in [0.05, 0.1) is 18.3 Å². The molecule has 8 nitrogen and oxygen atoms in total. The average Bonchev–Trinajstić information content (AvgIpc) is 3.37. The van der Waals surface area contributed by atoms with E-state index in [1.54, 1.807) is 11.9 Å². The molecular weight excluding hydrogens is 366 g/mol. The smallest absolute Gasteiger partial charge is 0.232 e. The second-order valence-electron chi connectivity index (χ2n) is 6.90. The number of nitrogens with zero attached hydrogens (tertiary/aromatic N) is 5. The van der Waals surface area contributed by atoms with Crippen molar-refractivity contribution in [3.05, 3.63) is 24.3 Å². The van der Waals surface area contributed by atoms with E-state index >= 15 is 0 Å². The minimum absolute atomic E-state index is 0.0171. The summed E-state index contributed by atoms with van der Waals surface area (Å²) in [6.45, 7) is 0.906. The van der Waals surface area contributed by atoms with Crippen molar-refractivity contribution in [2.75, 3.05) is 26.0 Å². The number of carbonyl (C=O) groups is 1. The van der Waals surface area contributed by atoms with Gasteiger partial charge in [0.1, 0.15) is 6.61 Å². The number of ether oxygens (including phenoxy) is 2. The van der Waals surface area contributed by atoms with Crippen molar-refractivity contribution >= 4 is 17.7 Å². The van der Waals surface area contributed by atoms with Gasteiger partial charge in [0.15, 0.2) is 17.6 Å². The molecule has 1 fully saturated rings. The molecule has 4 rings (SSSR count). The topological polar surface area (TPSA) is 82.4 Å². The van der Waals surface area contributed by atoms with Gasteiger partial charge in [-0.3, -0.25) is 4.79 Å². The number of thioether (sulfide) groups is 1. The molecule has 2 aliphatic rings. The molecular formula is C18H23N5O3S. The maximum Gasteiger partial charge on any atom is 0.232 e. The van der Waals surface area contributed by atoms with Gasteiger partial charge in [-0.15, -0.1) is 5.10 Å². The Kier molecular flexibility index (Phi) is 5.47. The summed E-state index contributed by atoms with van der Waals surface area (Å²) in [5, 5.41) is 12.7. The van der Waals surface area contributed by atoms with Gasteiger partial charge < -0.3 is 14.4 Å². The highest BCUT2D eigenvalue weighted by Crippen LogP contribution is 2.32. The van der Waals surface area contributed by atoms with Crippen LogP contribution in [0.2, 0.25) is 0 Å². The summed E-state index contributed by atoms with van der Waals surface area (Å²) < 4.78 is 13.5. The molecule has 2 heterocycles. The van der Waals surface area contributed by atoms with E-state index < -0.39 is 0 Å². The van der Waals surface area contributed by atoms with Crippen LogP contribution in [0.3, 0.4) is 0 Å². The fourth-order valence-corrected chi connectivity index (χ4v) is 4.34. The van der Waals surface area contributed by atoms with Crippen LogP contribution in [0.15, 0.2) is 29.4 Å². The third-order valence-corrected chi connectivity index (χ3v) is 5.85. The summed E-state index contributed by atoms with van der Waals surface area (Å²) in [6, 6.07) is 7.94. The first kappa shape index (κ1) is 18.1. The molecule has 27 heavy (non-hydrogen) atoms. The summed E-state index contributed by atoms with van der Waals surface area (Å²) in [6.07, 6.45) is 4.45. The lowest BCUT2D eigenvalue weighted by Gasteiger charge is -2.29. The van der Waals surface area contributed by atoms with Crippen LogP contribution in [0.4, 0.5) is 0 Å². The van der Waals surface area contributed by atoms with Gasteiger partial charge in [-0.25, -0.2) is 4.68 Å². The molecule has 0 saturated heterocycles. The standard InChI is InChI=1S/C18H23N5O3S/c1-22(10-14-11-25-15-8-4-5-9-16(15)26-14)17(24)12-27-18-19-20-21-23(18)13-6-2-3-7-13/h4-5,8-9,13-14H,2-3,6-7,10-12H2,1H3/t14-/m1/s1. The van der Waals surface area contributed by atoms with E-state index in [4.69, 9.17) is 9.47 Å². The lowest BCUT2D eigenvalue weighted by atomic mass is 10.2. The molecule has 144 valence electrons. The molecule has 1 aliphatic heterocycles. The Morgan fingerprint density at radius 3 is 2.89 bits per heavy atom. The summed E-state index contributed by atoms with van der Waals surface area (Å²) >= 11 is 1.39. The van der Waals surface area contributed by atoms with Crippen LogP contribution in [0.5, 0.6) is 11.5 Å². The Labute approximate surface area is 162 Å². The molecule has 2 aromatic rings. The Morgan fingerprint density at radius 1 is 1.30 bits per heavy atom. The Bertz CT molecular complexity index is 793. The number of fused-ring (bicyclic) bond motifs is 1. The number of para-hydroxylation sites is 2. The molecule has 0 spiro atoms. The van der Waals surface area contributed by atoms with Gasteiger partial charge in [0.2, 0.25) is 11.1 Å². The van der Waals surface area contributed by atoms with Gasteiger partial charge in [0, 0.05) is 7.05 Å². The zero-order valence-corrected chi connectivity index (χ0v) is 16.1. The van der Waals surface area contributed by atoms with Gasteiger partial charge in [-0.05, 0) is 35.4 Å². The van der Waals surface area contributed by atoms with Crippen LogP contribution in [0, 0.1) is 0 Å². The number of amides is 1. The number of tetrazole rings is 1. The van der Waals surface area contributed by atoms with Crippen molar-refractivity contribution in [2.24, 2.45) is 0 Å². The Morgan fingerprint density at radius 2 is 2.07 bits per heavy atom. The highest BCUT2D eigenvalue weighted by atomic mass is 32.2. The van der Waals surface area contributed by atoms with Crippen LogP contribution < -0.4 is 9.47 Å². The molecule has 0 unspecified atom stereocenters. The molecule has 1 aromatic carbocycles. The van der Waals surface area contributed by atoms with Crippen molar-refractivity contribution in [3.8, 4) is 11.5 Å². The number of benzene rings is 1. The van der Waals surface area contributed by atoms with E-state index in [2.05, 4.69) is 15.5 Å². The first-order chi connectivity index (χ1) is 13.2. The molecule has 1 aliphatic carbocycles. The number of hydrogen-bond acceptors (Lipinski definition) is 7. The van der Waals surface area contributed by atoms with E-state index in [1.165, 1.54) is 24.6 Å². The van der Waals surface area contributed by atoms with Crippen molar-refractivity contribution in [1.29, 1.82) is 0 Å². The second kappa shape index (κ2) is 8.16. The molecule has 1 amide bonds. The monoisotopic (exact) mass is 389 g/mol. The minimum Gasteiger partial charge on any atom is -0.486 e. The van der Waals surface area contributed by atoms with Crippen LogP contribution in [0.25, 0.3) is 0 Å². The predicted octanol–water partition coefficient (Wildman–Crippen LogP) is 2.18. The van der Waals surface area contributed by atoms with Crippen molar-refractivity contribution in [3.63, 3.8) is 0 Å². The first-order valence-corrected chi connectivity index (χ1v) is 10.2. The van der Waals surface area contributed by atoms with Crippen LogP contribution in [-0.2, 0) is 4.79 Å². The molecule has 0 radical (unpaired) electrons. The van der Waals surface area contributed by atoms with Gasteiger partial charge in [-0.2, -0.15) is 0 Å². The average molecular weight is 389 g/mol. The van der Waals surface area contributed by atoms with E-state index in [-0.39, 0.29) is 12.0 Å². The third-order valence-electron chi connectivity index (χ3n) is 4.93. The van der Waals surface area contributed by atoms with Crippen LogP contribution >= 0.6 is 11.8 Å². The highest BCUT2D eigenvalue weighted by molar-refractivity contribution is 7.99. The van der Waals surface area contributed by atoms with Crippen molar-refractivity contribution in [2.45, 2.75) is 43.0 Å². The number of likely N-dealkylation sites (N-methyl/N-ethyl adjacent to an activating group) is 1. The quantitative estimate of drug-likeness (QED) is 0.700. The summed E-state index contributed by atoms with van der Waals surface area (Å²) in [7, 11) is 1.78. The fourth-order valence-electron chi connectivity index (χ4n) is 3.46. The molecule has 1 aromatic heterocycles. The van der Waals surface area contributed by atoms with Crippen molar-refractivity contribution < 1.29 is 14.3 Å². The maximum atomic E-state index is 12.5. The lowest BCUT2D eigenvalue weighted by Crippen LogP contribution is -2.42. The Balaban J connectivity index is 1.28. The van der Waals surface area contributed by atoms with E-state index in [9.17, 15) is 4.79 Å². The lowest BCUT2D eigenvalue weighted by molar-refractivity contribution is -0.128. The van der Waals surface area contributed by atoms with E-state index in [1.807, 2.05) is 28.9 Å². The largest absolute Gasteiger partial charge is 0.486 e. The van der Waals surface area contributed by atoms with Crippen molar-refractivity contribution in [1.82, 2.24) is 25.1 Å². The predicted molar refractivity (Wildman–Crippen MR) is 100 cm³/mol. The number of rotatable bonds is 6. The third kappa shape index (κ3) is 4.18. The van der Waals surface area contributed by atoms with Gasteiger partial charge >= 0.3 is 0 Å². The zero-order chi connectivity index (χ0) is 18.6. The van der Waals surface area contributed by atoms with Crippen LogP contribution in [0.1, 0.15) is 31.7 Å². The number of carbonyl (C=O) groups excluding carboxylic acids is 1.